The Morgan fingerprint density at radius 1 is 1.39 bits per heavy atom. The van der Waals surface area contributed by atoms with Crippen molar-refractivity contribution >= 4 is 11.3 Å². The van der Waals surface area contributed by atoms with Gasteiger partial charge in [-0.05, 0) is 24.3 Å². The SMILES string of the molecule is OC(CNC1CCCCC1)COCc1cccs1. The summed E-state index contributed by atoms with van der Waals surface area (Å²) in [6.45, 7) is 1.67. The maximum atomic E-state index is 9.82. The number of rotatable bonds is 7. The Hall–Kier alpha value is -0.420. The fourth-order valence-electron chi connectivity index (χ4n) is 2.36. The van der Waals surface area contributed by atoms with Crippen LogP contribution in [0.2, 0.25) is 0 Å². The molecule has 1 aliphatic rings. The molecule has 1 aromatic rings. The highest BCUT2D eigenvalue weighted by atomic mass is 32.1. The fraction of sp³-hybridized carbons (Fsp3) is 0.714. The topological polar surface area (TPSA) is 41.5 Å². The lowest BCUT2D eigenvalue weighted by atomic mass is 9.95. The Morgan fingerprint density at radius 3 is 2.94 bits per heavy atom. The second-order valence-electron chi connectivity index (χ2n) is 4.99. The Balaban J connectivity index is 1.53. The molecule has 18 heavy (non-hydrogen) atoms. The summed E-state index contributed by atoms with van der Waals surface area (Å²) in [5.41, 5.74) is 0. The van der Waals surface area contributed by atoms with Gasteiger partial charge >= 0.3 is 0 Å². The molecule has 4 heteroatoms. The van der Waals surface area contributed by atoms with Crippen molar-refractivity contribution in [1.29, 1.82) is 0 Å². The third-order valence-electron chi connectivity index (χ3n) is 3.38. The highest BCUT2D eigenvalue weighted by Crippen LogP contribution is 2.17. The standard InChI is InChI=1S/C14H23NO2S/c16-13(9-15-12-5-2-1-3-6-12)10-17-11-14-7-4-8-18-14/h4,7-8,12-13,15-16H,1-3,5-6,9-11H2. The molecule has 2 N–H and O–H groups in total. The average Bonchev–Trinajstić information content (AvgIpc) is 2.91. The molecule has 1 aliphatic carbocycles. The molecule has 0 amide bonds. The molecule has 2 rings (SSSR count). The molecule has 1 aromatic heterocycles. The first kappa shape index (κ1) is 14.0. The number of aliphatic hydroxyl groups is 1. The minimum Gasteiger partial charge on any atom is -0.389 e. The molecule has 3 nitrogen and oxygen atoms in total. The number of thiophene rings is 1. The Labute approximate surface area is 113 Å². The molecule has 0 saturated heterocycles. The van der Waals surface area contributed by atoms with E-state index in [9.17, 15) is 5.11 Å². The minimum atomic E-state index is -0.396. The molecule has 102 valence electrons. The van der Waals surface area contributed by atoms with Crippen LogP contribution in [0.4, 0.5) is 0 Å². The third kappa shape index (κ3) is 5.06. The smallest absolute Gasteiger partial charge is 0.0897 e. The average molecular weight is 269 g/mol. The van der Waals surface area contributed by atoms with Crippen LogP contribution in [0.5, 0.6) is 0 Å². The number of hydrogen-bond donors (Lipinski definition) is 2. The van der Waals surface area contributed by atoms with Gasteiger partial charge in [-0.1, -0.05) is 25.3 Å². The normalized spacial score (nSPS) is 18.9. The van der Waals surface area contributed by atoms with E-state index < -0.39 is 6.10 Å². The Bertz CT molecular complexity index is 310. The van der Waals surface area contributed by atoms with Gasteiger partial charge in [-0.15, -0.1) is 11.3 Å². The van der Waals surface area contributed by atoms with E-state index in [1.165, 1.54) is 37.0 Å². The van der Waals surface area contributed by atoms with E-state index in [-0.39, 0.29) is 0 Å². The van der Waals surface area contributed by atoms with Gasteiger partial charge in [0.25, 0.3) is 0 Å². The molecule has 1 fully saturated rings. The largest absolute Gasteiger partial charge is 0.389 e. The van der Waals surface area contributed by atoms with Crippen LogP contribution in [0.15, 0.2) is 17.5 Å². The predicted octanol–water partition coefficient (Wildman–Crippen LogP) is 2.55. The molecule has 0 spiro atoms. The summed E-state index contributed by atoms with van der Waals surface area (Å²) in [4.78, 5) is 1.21. The van der Waals surface area contributed by atoms with E-state index in [2.05, 4.69) is 11.4 Å². The van der Waals surface area contributed by atoms with Gasteiger partial charge in [0.1, 0.15) is 0 Å². The van der Waals surface area contributed by atoms with Gasteiger partial charge in [0, 0.05) is 17.5 Å². The Morgan fingerprint density at radius 2 is 2.22 bits per heavy atom. The summed E-state index contributed by atoms with van der Waals surface area (Å²) >= 11 is 1.69. The van der Waals surface area contributed by atoms with Gasteiger partial charge in [0.2, 0.25) is 0 Å². The van der Waals surface area contributed by atoms with E-state index in [4.69, 9.17) is 4.74 Å². The highest BCUT2D eigenvalue weighted by molar-refractivity contribution is 7.09. The van der Waals surface area contributed by atoms with Crippen LogP contribution in [0.3, 0.4) is 0 Å². The lowest BCUT2D eigenvalue weighted by Crippen LogP contribution is -2.38. The molecule has 1 saturated carbocycles. The summed E-state index contributed by atoms with van der Waals surface area (Å²) in [7, 11) is 0. The first-order valence-electron chi connectivity index (χ1n) is 6.86. The van der Waals surface area contributed by atoms with Crippen molar-refractivity contribution in [2.24, 2.45) is 0 Å². The monoisotopic (exact) mass is 269 g/mol. The van der Waals surface area contributed by atoms with E-state index in [0.717, 1.165) is 0 Å². The lowest BCUT2D eigenvalue weighted by Gasteiger charge is -2.24. The summed E-state index contributed by atoms with van der Waals surface area (Å²) in [5, 5.41) is 15.3. The number of nitrogens with one attached hydrogen (secondary N) is 1. The second kappa shape index (κ2) is 7.89. The molecular formula is C14H23NO2S. The van der Waals surface area contributed by atoms with Gasteiger partial charge in [-0.25, -0.2) is 0 Å². The van der Waals surface area contributed by atoms with E-state index >= 15 is 0 Å². The van der Waals surface area contributed by atoms with Crippen LogP contribution in [-0.2, 0) is 11.3 Å². The molecule has 1 atom stereocenters. The molecule has 1 heterocycles. The molecular weight excluding hydrogens is 246 g/mol. The van der Waals surface area contributed by atoms with Crippen LogP contribution in [0, 0.1) is 0 Å². The van der Waals surface area contributed by atoms with Crippen LogP contribution >= 0.6 is 11.3 Å². The van der Waals surface area contributed by atoms with Gasteiger partial charge in [-0.3, -0.25) is 0 Å². The van der Waals surface area contributed by atoms with Gasteiger partial charge in [-0.2, -0.15) is 0 Å². The summed E-state index contributed by atoms with van der Waals surface area (Å²) < 4.78 is 5.50. The highest BCUT2D eigenvalue weighted by Gasteiger charge is 2.14. The minimum absolute atomic E-state index is 0.396. The van der Waals surface area contributed by atoms with Crippen molar-refractivity contribution < 1.29 is 9.84 Å². The zero-order chi connectivity index (χ0) is 12.6. The van der Waals surface area contributed by atoms with Gasteiger partial charge < -0.3 is 15.2 Å². The second-order valence-corrected chi connectivity index (χ2v) is 6.02. The van der Waals surface area contributed by atoms with Crippen molar-refractivity contribution in [1.82, 2.24) is 5.32 Å². The van der Waals surface area contributed by atoms with Crippen LogP contribution in [0.25, 0.3) is 0 Å². The van der Waals surface area contributed by atoms with Crippen LogP contribution in [0.1, 0.15) is 37.0 Å². The number of aliphatic hydroxyl groups excluding tert-OH is 1. The van der Waals surface area contributed by atoms with E-state index in [1.807, 2.05) is 11.4 Å². The molecule has 0 aromatic carbocycles. The van der Waals surface area contributed by atoms with Crippen LogP contribution < -0.4 is 5.32 Å². The molecule has 0 aliphatic heterocycles. The summed E-state index contributed by atoms with van der Waals surface area (Å²) in [6, 6.07) is 4.67. The van der Waals surface area contributed by atoms with Crippen molar-refractivity contribution in [2.45, 2.75) is 50.9 Å². The molecule has 0 bridgehead atoms. The van der Waals surface area contributed by atoms with Crippen molar-refractivity contribution in [2.75, 3.05) is 13.2 Å². The Kier molecular flexibility index (Phi) is 6.14. The molecule has 1 unspecified atom stereocenters. The third-order valence-corrected chi connectivity index (χ3v) is 4.23. The molecule has 0 radical (unpaired) electrons. The summed E-state index contributed by atoms with van der Waals surface area (Å²) in [5.74, 6) is 0. The number of hydrogen-bond acceptors (Lipinski definition) is 4. The first-order valence-corrected chi connectivity index (χ1v) is 7.74. The van der Waals surface area contributed by atoms with Crippen molar-refractivity contribution in [3.05, 3.63) is 22.4 Å². The lowest BCUT2D eigenvalue weighted by molar-refractivity contribution is 0.0280. The fourth-order valence-corrected chi connectivity index (χ4v) is 3.00. The van der Waals surface area contributed by atoms with Crippen molar-refractivity contribution in [3.63, 3.8) is 0 Å². The van der Waals surface area contributed by atoms with Gasteiger partial charge in [0.05, 0.1) is 19.3 Å². The summed E-state index contributed by atoms with van der Waals surface area (Å²) in [6.07, 6.45) is 6.12. The predicted molar refractivity (Wildman–Crippen MR) is 74.9 cm³/mol. The van der Waals surface area contributed by atoms with Crippen LogP contribution in [-0.4, -0.2) is 30.4 Å². The maximum Gasteiger partial charge on any atom is 0.0897 e. The van der Waals surface area contributed by atoms with E-state index in [0.29, 0.717) is 25.8 Å². The first-order chi connectivity index (χ1) is 8.84. The quantitative estimate of drug-likeness (QED) is 0.799. The number of ether oxygens (including phenoxy) is 1. The van der Waals surface area contributed by atoms with Crippen molar-refractivity contribution in [3.8, 4) is 0 Å². The van der Waals surface area contributed by atoms with Gasteiger partial charge in [0.15, 0.2) is 0 Å². The zero-order valence-corrected chi connectivity index (χ0v) is 11.6. The maximum absolute atomic E-state index is 9.82. The van der Waals surface area contributed by atoms with E-state index in [1.54, 1.807) is 11.3 Å². The zero-order valence-electron chi connectivity index (χ0n) is 10.8.